The van der Waals surface area contributed by atoms with Gasteiger partial charge in [-0.1, -0.05) is 36.4 Å². The average molecular weight is 446 g/mol. The van der Waals surface area contributed by atoms with Crippen LogP contribution in [0.15, 0.2) is 54.6 Å². The van der Waals surface area contributed by atoms with Gasteiger partial charge in [0.25, 0.3) is 5.91 Å². The number of fused-ring (bicyclic) bond motifs is 1. The summed E-state index contributed by atoms with van der Waals surface area (Å²) < 4.78 is 7.11. The van der Waals surface area contributed by atoms with Crippen molar-refractivity contribution < 1.29 is 9.53 Å². The van der Waals surface area contributed by atoms with E-state index in [9.17, 15) is 4.79 Å². The normalized spacial score (nSPS) is 14.1. The highest BCUT2D eigenvalue weighted by Gasteiger charge is 2.38. The first-order valence-electron chi connectivity index (χ1n) is 10.9. The van der Waals surface area contributed by atoms with Crippen molar-refractivity contribution in [3.63, 3.8) is 0 Å². The molecule has 0 saturated heterocycles. The van der Waals surface area contributed by atoms with Crippen molar-refractivity contribution in [1.29, 1.82) is 0 Å². The third kappa shape index (κ3) is 4.00. The minimum atomic E-state index is -0.538. The number of primary amides is 1. The smallest absolute Gasteiger partial charge is 0.269 e. The second-order valence-corrected chi connectivity index (χ2v) is 8.85. The van der Waals surface area contributed by atoms with Gasteiger partial charge >= 0.3 is 0 Å². The Hall–Kier alpha value is -3.58. The van der Waals surface area contributed by atoms with Crippen molar-refractivity contribution in [1.82, 2.24) is 9.78 Å². The number of nitrogens with zero attached hydrogens (tertiary/aromatic N) is 4. The number of ether oxygens (including phenoxy) is 1. The molecule has 172 valence electrons. The van der Waals surface area contributed by atoms with E-state index in [4.69, 9.17) is 10.5 Å². The standard InChI is InChI=1S/C26H31N5O2/c1-29(2)20-10-6-18(7-11-20)26(19-8-12-21(13-9-19)30(3)4)15-14-22-23(16-26)31(17-33-5)28-24(22)25(27)32/h6-15H,16-17H2,1-5H3,(H2,27,32). The SMILES string of the molecule is COCn1nc(C(N)=O)c2c1CC(c1ccc(N(C)C)cc1)(c1ccc(N(C)C)cc1)C=C2. The molecule has 2 aromatic carbocycles. The summed E-state index contributed by atoms with van der Waals surface area (Å²) in [4.78, 5) is 16.2. The van der Waals surface area contributed by atoms with E-state index in [1.165, 1.54) is 11.1 Å². The third-order valence-corrected chi connectivity index (χ3v) is 6.36. The fourth-order valence-corrected chi connectivity index (χ4v) is 4.51. The Morgan fingerprint density at radius 2 is 1.52 bits per heavy atom. The molecule has 7 nitrogen and oxygen atoms in total. The van der Waals surface area contributed by atoms with Crippen molar-refractivity contribution >= 4 is 23.4 Å². The summed E-state index contributed by atoms with van der Waals surface area (Å²) in [6, 6.07) is 17.2. The molecule has 0 spiro atoms. The zero-order valence-corrected chi connectivity index (χ0v) is 19.9. The molecule has 7 heteroatoms. The molecule has 0 fully saturated rings. The molecule has 0 atom stereocenters. The first-order chi connectivity index (χ1) is 15.8. The first-order valence-corrected chi connectivity index (χ1v) is 10.9. The van der Waals surface area contributed by atoms with Gasteiger partial charge in [0.2, 0.25) is 0 Å². The second kappa shape index (κ2) is 8.75. The van der Waals surface area contributed by atoms with Gasteiger partial charge in [0.1, 0.15) is 6.73 Å². The average Bonchev–Trinajstić information content (AvgIpc) is 3.17. The quantitative estimate of drug-likeness (QED) is 0.604. The second-order valence-electron chi connectivity index (χ2n) is 8.85. The molecule has 0 radical (unpaired) electrons. The summed E-state index contributed by atoms with van der Waals surface area (Å²) >= 11 is 0. The van der Waals surface area contributed by atoms with Gasteiger partial charge in [-0.25, -0.2) is 4.68 Å². The molecule has 1 heterocycles. The van der Waals surface area contributed by atoms with Crippen molar-refractivity contribution in [2.75, 3.05) is 45.1 Å². The number of nitrogens with two attached hydrogens (primary N) is 1. The van der Waals surface area contributed by atoms with E-state index in [-0.39, 0.29) is 12.4 Å². The minimum Gasteiger partial charge on any atom is -0.378 e. The third-order valence-electron chi connectivity index (χ3n) is 6.36. The fraction of sp³-hybridized carbons (Fsp3) is 0.308. The minimum absolute atomic E-state index is 0.249. The molecule has 1 aliphatic rings. The number of methoxy groups -OCH3 is 1. The van der Waals surface area contributed by atoms with Gasteiger partial charge in [-0.15, -0.1) is 0 Å². The molecule has 1 amide bonds. The van der Waals surface area contributed by atoms with Crippen LogP contribution >= 0.6 is 0 Å². The molecule has 0 saturated carbocycles. The molecule has 0 aliphatic heterocycles. The van der Waals surface area contributed by atoms with E-state index in [0.29, 0.717) is 6.42 Å². The summed E-state index contributed by atoms with van der Waals surface area (Å²) in [5.41, 5.74) is 11.8. The van der Waals surface area contributed by atoms with Crippen molar-refractivity contribution in [3.8, 4) is 0 Å². The van der Waals surface area contributed by atoms with E-state index in [0.717, 1.165) is 22.6 Å². The van der Waals surface area contributed by atoms with Crippen molar-refractivity contribution in [2.45, 2.75) is 18.6 Å². The largest absolute Gasteiger partial charge is 0.378 e. The first kappa shape index (κ1) is 22.6. The van der Waals surface area contributed by atoms with Gasteiger partial charge in [0, 0.05) is 64.1 Å². The lowest BCUT2D eigenvalue weighted by atomic mass is 9.68. The van der Waals surface area contributed by atoms with Crippen LogP contribution in [0.3, 0.4) is 0 Å². The molecule has 2 N–H and O–H groups in total. The Bertz CT molecular complexity index is 1120. The molecular formula is C26H31N5O2. The molecule has 1 aliphatic carbocycles. The molecule has 0 unspecified atom stereocenters. The number of benzene rings is 2. The van der Waals surface area contributed by atoms with Crippen LogP contribution in [0.4, 0.5) is 11.4 Å². The van der Waals surface area contributed by atoms with Crippen LogP contribution in [0.1, 0.15) is 32.9 Å². The monoisotopic (exact) mass is 445 g/mol. The predicted molar refractivity (Wildman–Crippen MR) is 133 cm³/mol. The van der Waals surface area contributed by atoms with Gasteiger partial charge in [-0.2, -0.15) is 5.10 Å². The van der Waals surface area contributed by atoms with Crippen LogP contribution in [-0.2, 0) is 23.3 Å². The Kier molecular flexibility index (Phi) is 5.99. The van der Waals surface area contributed by atoms with Crippen molar-refractivity contribution in [3.05, 3.63) is 82.7 Å². The van der Waals surface area contributed by atoms with Crippen LogP contribution in [0.2, 0.25) is 0 Å². The Balaban J connectivity index is 1.89. The summed E-state index contributed by atoms with van der Waals surface area (Å²) in [6.07, 6.45) is 4.79. The fourth-order valence-electron chi connectivity index (χ4n) is 4.51. The number of anilines is 2. The van der Waals surface area contributed by atoms with E-state index in [1.807, 2.05) is 34.3 Å². The zero-order valence-electron chi connectivity index (χ0n) is 19.9. The Morgan fingerprint density at radius 1 is 1.00 bits per heavy atom. The summed E-state index contributed by atoms with van der Waals surface area (Å²) in [5.74, 6) is -0.538. The molecule has 4 rings (SSSR count). The number of allylic oxidation sites excluding steroid dienone is 1. The topological polar surface area (TPSA) is 76.6 Å². The molecule has 33 heavy (non-hydrogen) atoms. The van der Waals surface area contributed by atoms with E-state index in [2.05, 4.69) is 69.5 Å². The number of carbonyl (C=O) groups excluding carboxylic acids is 1. The highest BCUT2D eigenvalue weighted by Crippen LogP contribution is 2.43. The zero-order chi connectivity index (χ0) is 23.8. The number of hydrogen-bond acceptors (Lipinski definition) is 5. The molecule has 0 bridgehead atoms. The summed E-state index contributed by atoms with van der Waals surface area (Å²) in [7, 11) is 9.75. The lowest BCUT2D eigenvalue weighted by molar-refractivity contribution is 0.0985. The number of rotatable bonds is 7. The van der Waals surface area contributed by atoms with Crippen LogP contribution in [0.25, 0.3) is 6.08 Å². The van der Waals surface area contributed by atoms with E-state index < -0.39 is 11.3 Å². The molecule has 3 aromatic rings. The maximum Gasteiger partial charge on any atom is 0.269 e. The summed E-state index contributed by atoms with van der Waals surface area (Å²) in [6.45, 7) is 0.249. The van der Waals surface area contributed by atoms with Crippen LogP contribution in [0.5, 0.6) is 0 Å². The van der Waals surface area contributed by atoms with Gasteiger partial charge < -0.3 is 20.3 Å². The maximum atomic E-state index is 12.1. The lowest BCUT2D eigenvalue weighted by Gasteiger charge is -2.35. The predicted octanol–water partition coefficient (Wildman–Crippen LogP) is 3.27. The number of aromatic nitrogens is 2. The van der Waals surface area contributed by atoms with E-state index in [1.54, 1.807) is 11.8 Å². The molecule has 1 aromatic heterocycles. The van der Waals surface area contributed by atoms with Crippen LogP contribution in [0, 0.1) is 0 Å². The van der Waals surface area contributed by atoms with Gasteiger partial charge in [0.05, 0.1) is 5.69 Å². The number of hydrogen-bond donors (Lipinski definition) is 1. The van der Waals surface area contributed by atoms with Gasteiger partial charge in [0.15, 0.2) is 5.69 Å². The number of amides is 1. The highest BCUT2D eigenvalue weighted by atomic mass is 16.5. The van der Waals surface area contributed by atoms with Gasteiger partial charge in [-0.05, 0) is 35.4 Å². The summed E-state index contributed by atoms with van der Waals surface area (Å²) in [5, 5.41) is 4.46. The Labute approximate surface area is 195 Å². The maximum absolute atomic E-state index is 12.1. The molecular weight excluding hydrogens is 414 g/mol. The van der Waals surface area contributed by atoms with Crippen molar-refractivity contribution in [2.24, 2.45) is 5.73 Å². The van der Waals surface area contributed by atoms with Crippen LogP contribution < -0.4 is 15.5 Å². The van der Waals surface area contributed by atoms with Crippen LogP contribution in [-0.4, -0.2) is 51.0 Å². The van der Waals surface area contributed by atoms with E-state index >= 15 is 0 Å². The lowest BCUT2D eigenvalue weighted by Crippen LogP contribution is -2.32. The highest BCUT2D eigenvalue weighted by molar-refractivity contribution is 5.95. The Morgan fingerprint density at radius 3 is 1.94 bits per heavy atom. The number of carbonyl (C=O) groups is 1. The van der Waals surface area contributed by atoms with Gasteiger partial charge in [-0.3, -0.25) is 4.79 Å².